The van der Waals surface area contributed by atoms with Crippen molar-refractivity contribution >= 4 is 41.4 Å². The average Bonchev–Trinajstić information content (AvgIpc) is 2.62. The van der Waals surface area contributed by atoms with Gasteiger partial charge in [-0.1, -0.05) is 56.3 Å². The smallest absolute Gasteiger partial charge is 0.225 e. The predicted octanol–water partition coefficient (Wildman–Crippen LogP) is 5.80. The molecule has 0 aliphatic heterocycles. The molecule has 1 aromatic rings. The predicted molar refractivity (Wildman–Crippen MR) is 110 cm³/mol. The van der Waals surface area contributed by atoms with Crippen molar-refractivity contribution in [2.45, 2.75) is 27.7 Å². The number of allylic oxidation sites excluding steroid dienone is 3. The summed E-state index contributed by atoms with van der Waals surface area (Å²) in [5, 5.41) is 8.22. The molecular weight excluding hydrogens is 357 g/mol. The zero-order valence-electron chi connectivity index (χ0n) is 15.5. The van der Waals surface area contributed by atoms with Crippen LogP contribution in [0.15, 0.2) is 41.4 Å². The zero-order chi connectivity index (χ0) is 20.0. The van der Waals surface area contributed by atoms with Crippen LogP contribution in [0.5, 0.6) is 0 Å². The third-order valence-electron chi connectivity index (χ3n) is 2.68. The number of aliphatic imine (C=N–C) groups is 1. The fourth-order valence-corrected chi connectivity index (χ4v) is 1.81. The van der Waals surface area contributed by atoms with E-state index in [2.05, 4.69) is 34.8 Å². The molecule has 0 aliphatic rings. The maximum absolute atomic E-state index is 7.91. The second-order valence-corrected chi connectivity index (χ2v) is 5.14. The van der Waals surface area contributed by atoms with Gasteiger partial charge in [0.15, 0.2) is 11.0 Å². The van der Waals surface area contributed by atoms with Crippen LogP contribution in [0.1, 0.15) is 27.7 Å². The first-order valence-electron chi connectivity index (χ1n) is 7.54. The normalized spacial score (nSPS) is 9.44. The van der Waals surface area contributed by atoms with E-state index in [0.717, 1.165) is 0 Å². The maximum Gasteiger partial charge on any atom is 0.225 e. The summed E-state index contributed by atoms with van der Waals surface area (Å²) in [7, 11) is 1.89. The Morgan fingerprint density at radius 3 is 2.28 bits per heavy atom. The van der Waals surface area contributed by atoms with Gasteiger partial charge in [0.05, 0.1) is 6.07 Å². The highest BCUT2D eigenvalue weighted by atomic mass is 35.5. The van der Waals surface area contributed by atoms with Gasteiger partial charge in [-0.15, -0.1) is 0 Å². The lowest BCUT2D eigenvalue weighted by Crippen LogP contribution is -2.21. The Kier molecular flexibility index (Phi) is 14.3. The van der Waals surface area contributed by atoms with Crippen molar-refractivity contribution in [3.05, 3.63) is 46.9 Å². The van der Waals surface area contributed by atoms with E-state index in [9.17, 15) is 0 Å². The quantitative estimate of drug-likeness (QED) is 0.161. The largest absolute Gasteiger partial charge is 0.354 e. The molecule has 0 radical (unpaired) electrons. The van der Waals surface area contributed by atoms with Crippen LogP contribution in [0.2, 0.25) is 10.4 Å². The molecule has 5 nitrogen and oxygen atoms in total. The van der Waals surface area contributed by atoms with Crippen LogP contribution in [-0.4, -0.2) is 30.3 Å². The Labute approximate surface area is 161 Å². The van der Waals surface area contributed by atoms with Gasteiger partial charge in [0.25, 0.3) is 0 Å². The third kappa shape index (κ3) is 9.65. The van der Waals surface area contributed by atoms with Gasteiger partial charge in [-0.2, -0.15) is 10.2 Å². The van der Waals surface area contributed by atoms with Gasteiger partial charge in [0, 0.05) is 19.2 Å². The molecule has 0 fully saturated rings. The molecule has 0 atom stereocenters. The minimum Gasteiger partial charge on any atom is -0.354 e. The van der Waals surface area contributed by atoms with Gasteiger partial charge in [-0.05, 0) is 32.2 Å². The standard InChI is InChI=1S/C11H14Cl2N4.C5H5N.C2H6/c1-5-7(2)6-17(4)10-8(14-3)9(12)15-11(13)16-10;1-3-5(2)4-6;1-2/h5H,3,6H2,1-2,4H3;3H,1-2H2;1-2H3/b7-5+;;. The number of nitrogens with zero attached hydrogens (tertiary/aromatic N) is 5. The summed E-state index contributed by atoms with van der Waals surface area (Å²) in [5.41, 5.74) is 2.06. The first-order valence-corrected chi connectivity index (χ1v) is 8.30. The number of hydrogen-bond donors (Lipinski definition) is 0. The SMILES string of the molecule is C=CC(=C)C#N.C=Nc1c(Cl)nc(Cl)nc1N(C)C/C(C)=C/C.CC. The lowest BCUT2D eigenvalue weighted by Gasteiger charge is -2.20. The molecule has 0 aliphatic carbocycles. The van der Waals surface area contributed by atoms with Crippen LogP contribution in [0.25, 0.3) is 0 Å². The molecule has 0 bridgehead atoms. The van der Waals surface area contributed by atoms with E-state index >= 15 is 0 Å². The second-order valence-electron chi connectivity index (χ2n) is 4.45. The number of nitriles is 1. The van der Waals surface area contributed by atoms with E-state index in [1.165, 1.54) is 11.6 Å². The second kappa shape index (κ2) is 14.2. The Balaban J connectivity index is 0. The molecule has 1 rings (SSSR count). The number of aromatic nitrogens is 2. The van der Waals surface area contributed by atoms with Crippen LogP contribution >= 0.6 is 23.2 Å². The molecule has 0 N–H and O–H groups in total. The monoisotopic (exact) mass is 381 g/mol. The van der Waals surface area contributed by atoms with E-state index < -0.39 is 0 Å². The summed E-state index contributed by atoms with van der Waals surface area (Å²) in [6.07, 6.45) is 3.45. The molecule has 25 heavy (non-hydrogen) atoms. The van der Waals surface area contributed by atoms with Crippen molar-refractivity contribution in [2.24, 2.45) is 4.99 Å². The van der Waals surface area contributed by atoms with Crippen molar-refractivity contribution in [2.75, 3.05) is 18.5 Å². The van der Waals surface area contributed by atoms with Gasteiger partial charge < -0.3 is 4.90 Å². The lowest BCUT2D eigenvalue weighted by molar-refractivity contribution is 0.939. The minimum atomic E-state index is 0.0994. The van der Waals surface area contributed by atoms with Crippen LogP contribution in [-0.2, 0) is 0 Å². The van der Waals surface area contributed by atoms with Crippen LogP contribution < -0.4 is 4.90 Å². The molecule has 0 aromatic carbocycles. The Bertz CT molecular complexity index is 660. The molecule has 0 spiro atoms. The number of halogens is 2. The summed E-state index contributed by atoms with van der Waals surface area (Å²) in [6.45, 7) is 18.8. The first kappa shape index (κ1) is 25.1. The number of hydrogen-bond acceptors (Lipinski definition) is 5. The molecule has 0 saturated carbocycles. The fourth-order valence-electron chi connectivity index (χ4n) is 1.38. The number of likely N-dealkylation sites (N-methyl/N-ethyl adjacent to an activating group) is 1. The highest BCUT2D eigenvalue weighted by Crippen LogP contribution is 2.33. The Morgan fingerprint density at radius 1 is 1.36 bits per heavy atom. The van der Waals surface area contributed by atoms with Crippen LogP contribution in [0, 0.1) is 11.3 Å². The molecule has 0 amide bonds. The van der Waals surface area contributed by atoms with Crippen molar-refractivity contribution in [3.8, 4) is 6.07 Å². The van der Waals surface area contributed by atoms with Crippen molar-refractivity contribution in [1.82, 2.24) is 9.97 Å². The van der Waals surface area contributed by atoms with E-state index in [-0.39, 0.29) is 10.4 Å². The summed E-state index contributed by atoms with van der Waals surface area (Å²) >= 11 is 11.7. The van der Waals surface area contributed by atoms with E-state index in [1.54, 1.807) is 6.07 Å². The van der Waals surface area contributed by atoms with E-state index in [1.807, 2.05) is 45.7 Å². The van der Waals surface area contributed by atoms with E-state index in [0.29, 0.717) is 23.6 Å². The number of anilines is 1. The van der Waals surface area contributed by atoms with Gasteiger partial charge in [0.2, 0.25) is 5.28 Å². The third-order valence-corrected chi connectivity index (χ3v) is 3.12. The zero-order valence-corrected chi connectivity index (χ0v) is 17.0. The molecule has 1 aromatic heterocycles. The average molecular weight is 382 g/mol. The minimum absolute atomic E-state index is 0.0994. The van der Waals surface area contributed by atoms with Crippen LogP contribution in [0.3, 0.4) is 0 Å². The highest BCUT2D eigenvalue weighted by Gasteiger charge is 2.14. The molecule has 136 valence electrons. The summed E-state index contributed by atoms with van der Waals surface area (Å²) in [5.74, 6) is 0.575. The molecular formula is C18H25Cl2N5. The summed E-state index contributed by atoms with van der Waals surface area (Å²) in [4.78, 5) is 13.7. The first-order chi connectivity index (χ1) is 11.8. The van der Waals surface area contributed by atoms with Gasteiger partial charge >= 0.3 is 0 Å². The molecule has 7 heteroatoms. The van der Waals surface area contributed by atoms with Crippen molar-refractivity contribution < 1.29 is 0 Å². The lowest BCUT2D eigenvalue weighted by atomic mass is 10.2. The van der Waals surface area contributed by atoms with Gasteiger partial charge in [-0.25, -0.2) is 4.98 Å². The summed E-state index contributed by atoms with van der Waals surface area (Å²) in [6, 6.07) is 1.80. The van der Waals surface area contributed by atoms with Gasteiger partial charge in [0.1, 0.15) is 5.69 Å². The Hall–Kier alpha value is -2.16. The maximum atomic E-state index is 7.91. The molecule has 0 saturated heterocycles. The van der Waals surface area contributed by atoms with E-state index in [4.69, 9.17) is 28.5 Å². The summed E-state index contributed by atoms with van der Waals surface area (Å²) < 4.78 is 0. The molecule has 1 heterocycles. The van der Waals surface area contributed by atoms with Crippen LogP contribution in [0.4, 0.5) is 11.5 Å². The van der Waals surface area contributed by atoms with Crippen molar-refractivity contribution in [3.63, 3.8) is 0 Å². The van der Waals surface area contributed by atoms with Crippen molar-refractivity contribution in [1.29, 1.82) is 5.26 Å². The highest BCUT2D eigenvalue weighted by molar-refractivity contribution is 6.34. The fraction of sp³-hybridized carbons (Fsp3) is 0.333. The number of rotatable bonds is 5. The topological polar surface area (TPSA) is 65.2 Å². The van der Waals surface area contributed by atoms with Gasteiger partial charge in [-0.3, -0.25) is 4.99 Å². The molecule has 0 unspecified atom stereocenters. The Morgan fingerprint density at radius 2 is 1.92 bits per heavy atom.